The summed E-state index contributed by atoms with van der Waals surface area (Å²) < 4.78 is 24.8. The first kappa shape index (κ1) is 36.3. The van der Waals surface area contributed by atoms with E-state index in [1.165, 1.54) is 22.3 Å². The van der Waals surface area contributed by atoms with Crippen LogP contribution in [0.1, 0.15) is 48.6 Å². The van der Waals surface area contributed by atoms with E-state index in [0.29, 0.717) is 45.9 Å². The van der Waals surface area contributed by atoms with E-state index < -0.39 is 5.60 Å². The second kappa shape index (κ2) is 14.5. The maximum atomic E-state index is 13.0. The van der Waals surface area contributed by atoms with E-state index in [1.54, 1.807) is 14.2 Å². The van der Waals surface area contributed by atoms with Crippen molar-refractivity contribution in [2.75, 3.05) is 65.1 Å². The second-order valence-electron chi connectivity index (χ2n) is 15.2. The Morgan fingerprint density at radius 3 is 2.29 bits per heavy atom. The number of carbonyl (C=O) groups excluding carboxylic acids is 1. The third-order valence-corrected chi connectivity index (χ3v) is 11.3. The molecule has 8 heteroatoms. The van der Waals surface area contributed by atoms with Crippen LogP contribution in [0.2, 0.25) is 0 Å². The van der Waals surface area contributed by atoms with E-state index in [4.69, 9.17) is 18.9 Å². The van der Waals surface area contributed by atoms with Crippen molar-refractivity contribution in [3.63, 3.8) is 0 Å². The lowest BCUT2D eigenvalue weighted by atomic mass is 9.76. The quantitative estimate of drug-likeness (QED) is 0.114. The molecule has 0 saturated carbocycles. The lowest BCUT2D eigenvalue weighted by Gasteiger charge is -2.39. The van der Waals surface area contributed by atoms with Crippen LogP contribution >= 0.6 is 0 Å². The van der Waals surface area contributed by atoms with Crippen LogP contribution in [-0.2, 0) is 15.8 Å². The third-order valence-electron chi connectivity index (χ3n) is 11.3. The number of hydrogen-bond acceptors (Lipinski definition) is 6. The van der Waals surface area contributed by atoms with Crippen molar-refractivity contribution in [3.8, 4) is 28.4 Å². The fraction of sp³-hybridized carbons (Fsp3) is 0.298. The Hall–Kier alpha value is -5.73. The number of nitrogens with one attached hydrogen (secondary N) is 1. The van der Waals surface area contributed by atoms with Crippen LogP contribution < -0.4 is 24.4 Å². The largest absolute Gasteiger partial charge is 0.497 e. The zero-order valence-corrected chi connectivity index (χ0v) is 32.4. The zero-order valence-electron chi connectivity index (χ0n) is 32.4. The van der Waals surface area contributed by atoms with Crippen molar-refractivity contribution in [1.29, 1.82) is 0 Å². The molecule has 0 bridgehead atoms. The van der Waals surface area contributed by atoms with Crippen molar-refractivity contribution in [2.24, 2.45) is 0 Å². The van der Waals surface area contributed by atoms with Gasteiger partial charge in [-0.25, -0.2) is 4.79 Å². The topological polar surface area (TPSA) is 72.5 Å². The van der Waals surface area contributed by atoms with Crippen LogP contribution in [0.3, 0.4) is 0 Å². The number of ether oxygens (including phenoxy) is 4. The smallest absolute Gasteiger partial charge is 0.317 e. The molecule has 0 spiro atoms. The van der Waals surface area contributed by atoms with Crippen LogP contribution in [0.25, 0.3) is 28.0 Å². The molecule has 55 heavy (non-hydrogen) atoms. The first-order valence-corrected chi connectivity index (χ1v) is 19.1. The van der Waals surface area contributed by atoms with Gasteiger partial charge in [-0.2, -0.15) is 0 Å². The molecule has 5 aromatic rings. The minimum absolute atomic E-state index is 0.0729. The van der Waals surface area contributed by atoms with Gasteiger partial charge < -0.3 is 34.1 Å². The van der Waals surface area contributed by atoms with Crippen LogP contribution in [0.5, 0.6) is 17.2 Å². The van der Waals surface area contributed by atoms with Gasteiger partial charge in [0.05, 0.1) is 33.1 Å². The molecule has 8 rings (SSSR count). The molecule has 1 unspecified atom stereocenters. The van der Waals surface area contributed by atoms with Gasteiger partial charge in [0.2, 0.25) is 0 Å². The summed E-state index contributed by atoms with van der Waals surface area (Å²) in [6.07, 6.45) is 4.49. The summed E-state index contributed by atoms with van der Waals surface area (Å²) in [6.45, 7) is 14.4. The molecule has 2 aliphatic heterocycles. The molecule has 1 fully saturated rings. The average Bonchev–Trinajstić information content (AvgIpc) is 3.46. The number of methoxy groups -OCH3 is 2. The molecule has 282 valence electrons. The van der Waals surface area contributed by atoms with Gasteiger partial charge in [0.1, 0.15) is 17.2 Å². The standard InChI is InChI=1S/C47H49N3O5/c1-31(2)30-54-27-22-48-45(51)50-25-23-49(24-26-50)40-28-37-38(29-41(40)53-6)44-36(43-42(37)35-14-10-11-15-39(35)46(43,3)4)20-21-47(55-44,32-12-8-7-9-13-32)33-16-18-34(52-5)19-17-33/h7-21,28-29H,1,22-27,30H2,2-6H3,(H,48,51). The minimum Gasteiger partial charge on any atom is -0.497 e. The number of amides is 2. The lowest BCUT2D eigenvalue weighted by Crippen LogP contribution is -2.52. The number of hydrogen-bond donors (Lipinski definition) is 1. The fourth-order valence-corrected chi connectivity index (χ4v) is 8.62. The summed E-state index contributed by atoms with van der Waals surface area (Å²) in [4.78, 5) is 17.2. The van der Waals surface area contributed by atoms with Gasteiger partial charge in [-0.1, -0.05) is 98.8 Å². The Bertz CT molecular complexity index is 2290. The normalized spacial score (nSPS) is 17.9. The van der Waals surface area contributed by atoms with Gasteiger partial charge in [0, 0.05) is 60.2 Å². The lowest BCUT2D eigenvalue weighted by molar-refractivity contribution is 0.152. The predicted molar refractivity (Wildman–Crippen MR) is 221 cm³/mol. The molecule has 8 nitrogen and oxygen atoms in total. The van der Waals surface area contributed by atoms with Crippen molar-refractivity contribution >= 4 is 28.6 Å². The molecule has 1 saturated heterocycles. The molecule has 1 N–H and O–H groups in total. The minimum atomic E-state index is -0.892. The molecule has 0 aromatic heterocycles. The van der Waals surface area contributed by atoms with Gasteiger partial charge in [-0.15, -0.1) is 0 Å². The number of piperazine rings is 1. The summed E-state index contributed by atoms with van der Waals surface area (Å²) in [5.41, 5.74) is 8.94. The molecular weight excluding hydrogens is 687 g/mol. The average molecular weight is 736 g/mol. The Morgan fingerprint density at radius 2 is 1.58 bits per heavy atom. The molecule has 2 heterocycles. The number of anilines is 1. The van der Waals surface area contributed by atoms with E-state index in [1.807, 2.05) is 30.0 Å². The molecular formula is C47H49N3O5. The highest BCUT2D eigenvalue weighted by molar-refractivity contribution is 6.10. The number of urea groups is 1. The molecule has 1 atom stereocenters. The molecule has 2 amide bonds. The van der Waals surface area contributed by atoms with Gasteiger partial charge in [-0.3, -0.25) is 0 Å². The number of carbonyl (C=O) groups is 1. The van der Waals surface area contributed by atoms with Crippen molar-refractivity contribution in [3.05, 3.63) is 137 Å². The highest BCUT2D eigenvalue weighted by Gasteiger charge is 2.44. The molecule has 5 aromatic carbocycles. The third kappa shape index (κ3) is 6.28. The van der Waals surface area contributed by atoms with E-state index in [2.05, 4.69) is 116 Å². The second-order valence-corrected chi connectivity index (χ2v) is 15.2. The number of nitrogens with zero attached hydrogens (tertiary/aromatic N) is 2. The Labute approximate surface area is 324 Å². The Morgan fingerprint density at radius 1 is 0.873 bits per heavy atom. The Balaban J connectivity index is 1.23. The number of benzene rings is 5. The highest BCUT2D eigenvalue weighted by Crippen LogP contribution is 2.59. The van der Waals surface area contributed by atoms with Crippen molar-refractivity contribution in [2.45, 2.75) is 31.8 Å². The SMILES string of the molecule is C=C(C)COCCNC(=O)N1CCN(c2cc3c4c(c5c(c3cc2OC)OC(c2ccccc2)(c2ccc(OC)cc2)C=C5)C(C)(C)c2ccccc2-4)CC1. The van der Waals surface area contributed by atoms with Crippen LogP contribution in [-0.4, -0.2) is 71.1 Å². The highest BCUT2D eigenvalue weighted by atomic mass is 16.5. The van der Waals surface area contributed by atoms with E-state index in [0.717, 1.165) is 56.0 Å². The summed E-state index contributed by atoms with van der Waals surface area (Å²) in [5.74, 6) is 2.38. The van der Waals surface area contributed by atoms with Gasteiger partial charge >= 0.3 is 6.03 Å². The summed E-state index contributed by atoms with van der Waals surface area (Å²) >= 11 is 0. The van der Waals surface area contributed by atoms with E-state index in [-0.39, 0.29) is 11.4 Å². The summed E-state index contributed by atoms with van der Waals surface area (Å²) in [5, 5.41) is 5.11. The molecule has 1 aliphatic carbocycles. The van der Waals surface area contributed by atoms with Gasteiger partial charge in [0.15, 0.2) is 5.60 Å². The summed E-state index contributed by atoms with van der Waals surface area (Å²) in [7, 11) is 3.42. The predicted octanol–water partition coefficient (Wildman–Crippen LogP) is 8.94. The summed E-state index contributed by atoms with van der Waals surface area (Å²) in [6, 6.07) is 31.7. The van der Waals surface area contributed by atoms with Crippen molar-refractivity contribution in [1.82, 2.24) is 10.2 Å². The maximum absolute atomic E-state index is 13.0. The first-order chi connectivity index (χ1) is 26.7. The first-order valence-electron chi connectivity index (χ1n) is 19.1. The van der Waals surface area contributed by atoms with Gasteiger partial charge in [0.25, 0.3) is 0 Å². The number of fused-ring (bicyclic) bond motifs is 8. The zero-order chi connectivity index (χ0) is 38.3. The van der Waals surface area contributed by atoms with Crippen LogP contribution in [0.4, 0.5) is 10.5 Å². The Kier molecular flexibility index (Phi) is 9.55. The maximum Gasteiger partial charge on any atom is 0.317 e. The molecule has 3 aliphatic rings. The van der Waals surface area contributed by atoms with E-state index in [9.17, 15) is 4.79 Å². The number of rotatable bonds is 10. The molecule has 0 radical (unpaired) electrons. The van der Waals surface area contributed by atoms with E-state index >= 15 is 0 Å². The van der Waals surface area contributed by atoms with Gasteiger partial charge in [-0.05, 0) is 64.9 Å². The van der Waals surface area contributed by atoms with Crippen LogP contribution in [0, 0.1) is 0 Å². The van der Waals surface area contributed by atoms with Crippen LogP contribution in [0.15, 0.2) is 109 Å². The van der Waals surface area contributed by atoms with Crippen molar-refractivity contribution < 1.29 is 23.7 Å². The monoisotopic (exact) mass is 735 g/mol. The fourth-order valence-electron chi connectivity index (χ4n) is 8.62.